The summed E-state index contributed by atoms with van der Waals surface area (Å²) in [6.45, 7) is 4.17. The van der Waals surface area contributed by atoms with Gasteiger partial charge in [0, 0.05) is 23.7 Å². The number of carbonyl (C=O) groups is 1. The van der Waals surface area contributed by atoms with Crippen LogP contribution in [0.3, 0.4) is 0 Å². The second kappa shape index (κ2) is 6.02. The molecule has 0 spiro atoms. The molecule has 2 N–H and O–H groups in total. The molecular formula is C12H18N2O2S. The van der Waals surface area contributed by atoms with Crippen LogP contribution in [0.15, 0.2) is 24.5 Å². The molecule has 1 rings (SSSR count). The van der Waals surface area contributed by atoms with E-state index in [0.717, 1.165) is 12.0 Å². The predicted octanol–water partition coefficient (Wildman–Crippen LogP) is 1.38. The molecule has 0 aliphatic rings. The summed E-state index contributed by atoms with van der Waals surface area (Å²) in [5.41, 5.74) is 1.13. The number of aliphatic carboxylic acids is 1. The van der Waals surface area contributed by atoms with E-state index >= 15 is 0 Å². The van der Waals surface area contributed by atoms with Crippen molar-refractivity contribution < 1.29 is 9.90 Å². The van der Waals surface area contributed by atoms with Crippen molar-refractivity contribution in [3.63, 3.8) is 0 Å². The van der Waals surface area contributed by atoms with Gasteiger partial charge in [-0.15, -0.1) is 0 Å². The van der Waals surface area contributed by atoms with Crippen LogP contribution in [-0.4, -0.2) is 33.4 Å². The van der Waals surface area contributed by atoms with Gasteiger partial charge in [0.25, 0.3) is 0 Å². The molecule has 0 fully saturated rings. The molecule has 1 aromatic rings. The lowest BCUT2D eigenvalue weighted by molar-refractivity contribution is -0.140. The fourth-order valence-corrected chi connectivity index (χ4v) is 1.75. The van der Waals surface area contributed by atoms with Crippen molar-refractivity contribution in [3.05, 3.63) is 30.1 Å². The highest BCUT2D eigenvalue weighted by Crippen LogP contribution is 2.17. The largest absolute Gasteiger partial charge is 0.480 e. The van der Waals surface area contributed by atoms with Gasteiger partial charge in [-0.25, -0.2) is 0 Å². The Morgan fingerprint density at radius 1 is 1.53 bits per heavy atom. The van der Waals surface area contributed by atoms with Crippen LogP contribution in [-0.2, 0) is 11.2 Å². The Balaban J connectivity index is 2.46. The number of thiol groups is 1. The van der Waals surface area contributed by atoms with E-state index in [1.165, 1.54) is 0 Å². The Morgan fingerprint density at radius 2 is 2.12 bits per heavy atom. The summed E-state index contributed by atoms with van der Waals surface area (Å²) in [6, 6.07) is 3.18. The fraction of sp³-hybridized carbons (Fsp3) is 0.500. The van der Waals surface area contributed by atoms with Crippen LogP contribution in [0, 0.1) is 0 Å². The summed E-state index contributed by atoms with van der Waals surface area (Å²) in [4.78, 5) is 15.0. The number of hydrogen-bond donors (Lipinski definition) is 3. The van der Waals surface area contributed by atoms with Crippen molar-refractivity contribution in [2.45, 2.75) is 31.1 Å². The van der Waals surface area contributed by atoms with E-state index in [4.69, 9.17) is 5.11 Å². The van der Waals surface area contributed by atoms with Crippen molar-refractivity contribution in [2.24, 2.45) is 0 Å². The lowest BCUT2D eigenvalue weighted by Gasteiger charge is -2.27. The van der Waals surface area contributed by atoms with Gasteiger partial charge in [0.15, 0.2) is 0 Å². The van der Waals surface area contributed by atoms with E-state index in [1.807, 2.05) is 12.1 Å². The number of nitrogens with one attached hydrogen (secondary N) is 1. The van der Waals surface area contributed by atoms with E-state index < -0.39 is 16.8 Å². The van der Waals surface area contributed by atoms with Crippen LogP contribution in [0.25, 0.3) is 0 Å². The fourth-order valence-electron chi connectivity index (χ4n) is 1.55. The third-order valence-electron chi connectivity index (χ3n) is 2.46. The van der Waals surface area contributed by atoms with E-state index in [1.54, 1.807) is 26.2 Å². The second-order valence-corrected chi connectivity index (χ2v) is 5.64. The average Bonchev–Trinajstić information content (AvgIpc) is 2.23. The zero-order valence-electron chi connectivity index (χ0n) is 10.1. The maximum Gasteiger partial charge on any atom is 0.322 e. The van der Waals surface area contributed by atoms with Crippen LogP contribution in [0.5, 0.6) is 0 Å². The van der Waals surface area contributed by atoms with Gasteiger partial charge in [-0.05, 0) is 38.0 Å². The Labute approximate surface area is 107 Å². The number of aromatic nitrogens is 1. The Morgan fingerprint density at radius 3 is 2.59 bits per heavy atom. The molecule has 0 radical (unpaired) electrons. The first kappa shape index (κ1) is 14.0. The number of carboxylic acids is 1. The van der Waals surface area contributed by atoms with Crippen LogP contribution < -0.4 is 5.32 Å². The number of nitrogens with zero attached hydrogens (tertiary/aromatic N) is 1. The summed E-state index contributed by atoms with van der Waals surface area (Å²) < 4.78 is -0.593. The topological polar surface area (TPSA) is 62.2 Å². The molecule has 0 aliphatic heterocycles. The number of pyridine rings is 1. The molecule has 1 aromatic heterocycles. The van der Waals surface area contributed by atoms with Gasteiger partial charge in [-0.2, -0.15) is 12.6 Å². The molecule has 0 aliphatic carbocycles. The number of rotatable bonds is 6. The summed E-state index contributed by atoms with van der Waals surface area (Å²) in [5, 5.41) is 12.1. The minimum atomic E-state index is -0.875. The van der Waals surface area contributed by atoms with Crippen molar-refractivity contribution in [1.29, 1.82) is 0 Å². The minimum absolute atomic E-state index is 0.593. The minimum Gasteiger partial charge on any atom is -0.480 e. The molecule has 0 saturated carbocycles. The zero-order chi connectivity index (χ0) is 12.9. The second-order valence-electron chi connectivity index (χ2n) is 4.48. The van der Waals surface area contributed by atoms with Crippen molar-refractivity contribution >= 4 is 18.6 Å². The van der Waals surface area contributed by atoms with Crippen LogP contribution in [0.1, 0.15) is 19.4 Å². The summed E-state index contributed by atoms with van der Waals surface area (Å²) in [6.07, 6.45) is 4.23. The van der Waals surface area contributed by atoms with E-state index in [9.17, 15) is 4.79 Å². The van der Waals surface area contributed by atoms with Gasteiger partial charge < -0.3 is 10.4 Å². The predicted molar refractivity (Wildman–Crippen MR) is 70.4 cm³/mol. The maximum atomic E-state index is 11.1. The highest BCUT2D eigenvalue weighted by Gasteiger charge is 2.31. The van der Waals surface area contributed by atoms with E-state index in [-0.39, 0.29) is 0 Å². The van der Waals surface area contributed by atoms with Gasteiger partial charge in [-0.3, -0.25) is 9.78 Å². The molecular weight excluding hydrogens is 236 g/mol. The molecule has 4 nitrogen and oxygen atoms in total. The van der Waals surface area contributed by atoms with Crippen molar-refractivity contribution in [2.75, 3.05) is 6.54 Å². The molecule has 0 bridgehead atoms. The van der Waals surface area contributed by atoms with Crippen LogP contribution >= 0.6 is 12.6 Å². The Kier molecular flexibility index (Phi) is 4.96. The van der Waals surface area contributed by atoms with Crippen LogP contribution in [0.2, 0.25) is 0 Å². The Hall–Kier alpha value is -1.07. The van der Waals surface area contributed by atoms with E-state index in [2.05, 4.69) is 22.9 Å². The van der Waals surface area contributed by atoms with Gasteiger partial charge in [-0.1, -0.05) is 0 Å². The third kappa shape index (κ3) is 4.75. The summed E-state index contributed by atoms with van der Waals surface area (Å²) in [7, 11) is 0. The average molecular weight is 254 g/mol. The molecule has 5 heteroatoms. The van der Waals surface area contributed by atoms with Gasteiger partial charge in [0.1, 0.15) is 6.04 Å². The molecule has 1 heterocycles. The van der Waals surface area contributed by atoms with Crippen LogP contribution in [0.4, 0.5) is 0 Å². The molecule has 94 valence electrons. The van der Waals surface area contributed by atoms with E-state index in [0.29, 0.717) is 6.54 Å². The van der Waals surface area contributed by atoms with Gasteiger partial charge >= 0.3 is 5.97 Å². The molecule has 1 atom stereocenters. The normalized spacial score (nSPS) is 13.4. The number of hydrogen-bond acceptors (Lipinski definition) is 4. The first-order valence-electron chi connectivity index (χ1n) is 5.48. The van der Waals surface area contributed by atoms with Crippen molar-refractivity contribution in [3.8, 4) is 0 Å². The summed E-state index contributed by atoms with van der Waals surface area (Å²) in [5.74, 6) is -0.875. The smallest absolute Gasteiger partial charge is 0.322 e. The van der Waals surface area contributed by atoms with Gasteiger partial charge in [0.2, 0.25) is 0 Å². The highest BCUT2D eigenvalue weighted by atomic mass is 32.1. The van der Waals surface area contributed by atoms with Gasteiger partial charge in [0.05, 0.1) is 0 Å². The SMILES string of the molecule is CC(C)(S)[C@H](NCCc1ccncc1)C(=O)O. The molecule has 0 unspecified atom stereocenters. The third-order valence-corrected chi connectivity index (χ3v) is 2.72. The number of carboxylic acid groups (broad SMARTS) is 1. The monoisotopic (exact) mass is 254 g/mol. The first-order valence-corrected chi connectivity index (χ1v) is 5.93. The molecule has 0 aromatic carbocycles. The molecule has 0 saturated heterocycles. The lowest BCUT2D eigenvalue weighted by atomic mass is 10.0. The lowest BCUT2D eigenvalue weighted by Crippen LogP contribution is -2.49. The molecule has 0 amide bonds. The molecule has 17 heavy (non-hydrogen) atoms. The first-order chi connectivity index (χ1) is 7.91. The highest BCUT2D eigenvalue weighted by molar-refractivity contribution is 7.81. The van der Waals surface area contributed by atoms with Crippen molar-refractivity contribution in [1.82, 2.24) is 10.3 Å². The maximum absolute atomic E-state index is 11.1. The zero-order valence-corrected chi connectivity index (χ0v) is 10.9. The quantitative estimate of drug-likeness (QED) is 0.671. The Bertz CT molecular complexity index is 363. The standard InChI is InChI=1S/C12H18N2O2S/c1-12(2,17)10(11(15)16)14-8-5-9-3-6-13-7-4-9/h3-4,6-7,10,14,17H,5,8H2,1-2H3,(H,15,16)/t10-/m1/s1. The summed E-state index contributed by atoms with van der Waals surface area (Å²) >= 11 is 4.30.